The maximum absolute atomic E-state index is 5.50. The molecule has 33 aromatic rings. The van der Waals surface area contributed by atoms with Crippen molar-refractivity contribution in [3.8, 4) is 62.7 Å². The zero-order valence-electron chi connectivity index (χ0n) is 80.4. The summed E-state index contributed by atoms with van der Waals surface area (Å²) in [4.78, 5) is 32.4. The molecule has 0 aliphatic heterocycles. The number of hydrogen-bond donors (Lipinski definition) is 0. The van der Waals surface area contributed by atoms with Crippen molar-refractivity contribution in [2.45, 2.75) is 0 Å². The molecular formula is C140H83N9. The highest BCUT2D eigenvalue weighted by Crippen LogP contribution is 2.54. The third-order valence-electron chi connectivity index (χ3n) is 31.2. The van der Waals surface area contributed by atoms with E-state index in [1.165, 1.54) is 189 Å². The molecule has 27 aromatic carbocycles. The van der Waals surface area contributed by atoms with Gasteiger partial charge in [-0.25, -0.2) is 29.9 Å². The Morgan fingerprint density at radius 1 is 0.121 bits per heavy atom. The second-order valence-corrected chi connectivity index (χ2v) is 39.1. The van der Waals surface area contributed by atoms with Gasteiger partial charge in [0.1, 0.15) is 0 Å². The Morgan fingerprint density at radius 3 is 0.658 bits per heavy atom. The summed E-state index contributed by atoms with van der Waals surface area (Å²) in [5.41, 5.74) is 17.7. The predicted molar refractivity (Wildman–Crippen MR) is 628 cm³/mol. The highest BCUT2D eigenvalue weighted by atomic mass is 15.2. The molecule has 9 nitrogen and oxygen atoms in total. The van der Waals surface area contributed by atoms with E-state index in [0.717, 1.165) is 105 Å². The van der Waals surface area contributed by atoms with Crippen molar-refractivity contribution in [3.05, 3.63) is 504 Å². The lowest BCUT2D eigenvalue weighted by Gasteiger charge is -2.16. The largest absolute Gasteiger partial charge is 0.277 e. The third-order valence-corrected chi connectivity index (χ3v) is 31.2. The predicted octanol–water partition coefficient (Wildman–Crippen LogP) is 37.0. The van der Waals surface area contributed by atoms with Crippen LogP contribution in [-0.4, -0.2) is 43.6 Å². The van der Waals surface area contributed by atoms with Gasteiger partial charge in [-0.3, -0.25) is 13.7 Å². The number of nitrogens with zero attached hydrogens (tertiary/aromatic N) is 9. The van der Waals surface area contributed by atoms with E-state index in [9.17, 15) is 0 Å². The summed E-state index contributed by atoms with van der Waals surface area (Å²) >= 11 is 0. The van der Waals surface area contributed by atoms with E-state index >= 15 is 0 Å². The Bertz CT molecular complexity index is 11200. The van der Waals surface area contributed by atoms with Gasteiger partial charge >= 0.3 is 0 Å². The van der Waals surface area contributed by atoms with E-state index in [1.807, 2.05) is 0 Å². The molecule has 0 bridgehead atoms. The summed E-state index contributed by atoms with van der Waals surface area (Å²) in [6.07, 6.45) is 0. The molecule has 149 heavy (non-hydrogen) atoms. The SMILES string of the molecule is c1ccc(-c2cccc(-c3nc(-n4c5ccccc5c5c6c7ccccc7c7ccccc7c6c6ccccc6c54)nc4ccccc34)c2)cc1.c1ccc2cc(-c3nc(-n4c5ccccc5c5c6c7ccccc7c7ccccc7c6c6ccccc6c54)nc4ccccc34)ccc2c1.c1ccc2cc(-c3nc(-n4c5ccccc5c5c6c7ccccc7c7ccccc7c6c6ccccc6c54)nc4ccccc34)ccc2c1. The van der Waals surface area contributed by atoms with Crippen LogP contribution in [0.1, 0.15) is 0 Å². The summed E-state index contributed by atoms with van der Waals surface area (Å²) < 4.78 is 6.94. The number of hydrogen-bond acceptors (Lipinski definition) is 6. The van der Waals surface area contributed by atoms with E-state index in [0.29, 0.717) is 17.8 Å². The fraction of sp³-hybridized carbons (Fsp3) is 0. The maximum Gasteiger partial charge on any atom is 0.235 e. The Balaban J connectivity index is 0.000000101. The van der Waals surface area contributed by atoms with Gasteiger partial charge in [0, 0.05) is 97.5 Å². The van der Waals surface area contributed by atoms with Crippen LogP contribution in [-0.2, 0) is 0 Å². The molecule has 0 aliphatic rings. The fourth-order valence-electron chi connectivity index (χ4n) is 24.9. The van der Waals surface area contributed by atoms with Gasteiger partial charge in [0.25, 0.3) is 0 Å². The second-order valence-electron chi connectivity index (χ2n) is 39.1. The molecule has 6 heterocycles. The topological polar surface area (TPSA) is 92.1 Å². The standard InChI is InChI=1S/C48H29N3.2C46H27N3/c1-2-15-30(16-3-1)31-17-14-18-32(29-31)46-39-25-10-12-27-41(39)49-48(50-46)51-42-28-13-11-26-40(42)45-44-36-22-7-5-20-34(36)33-19-4-6-21-35(33)43(44)37-23-8-9-24-38(37)47(45)51;2*1-2-14-29-27-30(26-25-28(29)13-1)44-37-21-9-11-23-39(37)47-46(48-44)49-40-24-12-10-22-38(40)43-42-34-18-6-4-16-32(34)31-15-3-5-17-33(31)41(42)35-19-7-8-20-36(35)45(43)49/h1-29H;2*1-27H. The van der Waals surface area contributed by atoms with Crippen LogP contribution in [0.2, 0.25) is 0 Å². The summed E-state index contributed by atoms with van der Waals surface area (Å²) in [7, 11) is 0. The molecule has 0 unspecified atom stereocenters. The van der Waals surface area contributed by atoms with Crippen LogP contribution < -0.4 is 0 Å². The molecule has 0 radical (unpaired) electrons. The molecule has 0 spiro atoms. The molecule has 0 aliphatic carbocycles. The smallest absolute Gasteiger partial charge is 0.235 e. The van der Waals surface area contributed by atoms with E-state index < -0.39 is 0 Å². The first-order valence-corrected chi connectivity index (χ1v) is 51.0. The van der Waals surface area contributed by atoms with E-state index in [2.05, 4.69) is 517 Å². The summed E-state index contributed by atoms with van der Waals surface area (Å²) in [5, 5.41) is 45.3. The molecule has 0 saturated heterocycles. The maximum atomic E-state index is 5.50. The molecular weight excluding hydrogens is 1810 g/mol. The molecule has 33 rings (SSSR count). The third kappa shape index (κ3) is 12.8. The molecule has 0 fully saturated rings. The minimum Gasteiger partial charge on any atom is -0.277 e. The van der Waals surface area contributed by atoms with Crippen LogP contribution in [0.3, 0.4) is 0 Å². The first-order chi connectivity index (χ1) is 74.0. The highest BCUT2D eigenvalue weighted by molar-refractivity contribution is 6.46. The second kappa shape index (κ2) is 33.3. The van der Waals surface area contributed by atoms with Crippen molar-refractivity contribution in [1.82, 2.24) is 43.6 Å². The lowest BCUT2D eigenvalue weighted by atomic mass is 9.88. The van der Waals surface area contributed by atoms with Gasteiger partial charge in [0.15, 0.2) is 0 Å². The van der Waals surface area contributed by atoms with Gasteiger partial charge in [0.2, 0.25) is 17.8 Å². The molecule has 0 N–H and O–H groups in total. The minimum atomic E-state index is 0.662. The van der Waals surface area contributed by atoms with Gasteiger partial charge < -0.3 is 0 Å². The first kappa shape index (κ1) is 83.6. The quantitative estimate of drug-likeness (QED) is 0.148. The lowest BCUT2D eigenvalue weighted by Crippen LogP contribution is -2.04. The van der Waals surface area contributed by atoms with Crippen LogP contribution in [0.5, 0.6) is 0 Å². The van der Waals surface area contributed by atoms with Gasteiger partial charge in [-0.05, 0) is 184 Å². The zero-order valence-corrected chi connectivity index (χ0v) is 80.4. The average molecular weight is 1890 g/mol. The van der Waals surface area contributed by atoms with Crippen LogP contribution in [0.15, 0.2) is 504 Å². The number of para-hydroxylation sites is 6. The number of fused-ring (bicyclic) bond motifs is 44. The van der Waals surface area contributed by atoms with E-state index in [1.54, 1.807) is 0 Å². The minimum absolute atomic E-state index is 0.662. The molecule has 0 amide bonds. The summed E-state index contributed by atoms with van der Waals surface area (Å²) in [6.45, 7) is 0. The van der Waals surface area contributed by atoms with Crippen molar-refractivity contribution in [1.29, 1.82) is 0 Å². The lowest BCUT2D eigenvalue weighted by molar-refractivity contribution is 1.02. The van der Waals surface area contributed by atoms with Gasteiger partial charge in [0.05, 0.1) is 66.7 Å². The zero-order chi connectivity index (χ0) is 97.6. The van der Waals surface area contributed by atoms with Crippen LogP contribution in [0.25, 0.3) is 312 Å². The summed E-state index contributed by atoms with van der Waals surface area (Å²) in [5.74, 6) is 2.00. The van der Waals surface area contributed by atoms with Crippen molar-refractivity contribution in [2.75, 3.05) is 0 Å². The van der Waals surface area contributed by atoms with Crippen LogP contribution >= 0.6 is 0 Å². The first-order valence-electron chi connectivity index (χ1n) is 51.0. The summed E-state index contributed by atoms with van der Waals surface area (Å²) in [6, 6.07) is 181. The number of aromatic nitrogens is 9. The van der Waals surface area contributed by atoms with E-state index in [-0.39, 0.29) is 0 Å². The number of benzene rings is 27. The highest BCUT2D eigenvalue weighted by Gasteiger charge is 2.31. The van der Waals surface area contributed by atoms with Gasteiger partial charge in [-0.2, -0.15) is 0 Å². The Kier molecular flexibility index (Phi) is 18.7. The van der Waals surface area contributed by atoms with E-state index in [4.69, 9.17) is 29.9 Å². The molecule has 0 saturated carbocycles. The van der Waals surface area contributed by atoms with Gasteiger partial charge in [-0.15, -0.1) is 0 Å². The van der Waals surface area contributed by atoms with Crippen molar-refractivity contribution in [2.24, 2.45) is 0 Å². The molecule has 688 valence electrons. The van der Waals surface area contributed by atoms with Crippen LogP contribution in [0, 0.1) is 0 Å². The Morgan fingerprint density at radius 2 is 0.342 bits per heavy atom. The number of rotatable bonds is 7. The normalized spacial score (nSPS) is 12.0. The molecule has 6 aromatic heterocycles. The average Bonchev–Trinajstić information content (AvgIpc) is 1.57. The Hall–Kier alpha value is -20.0. The monoisotopic (exact) mass is 1890 g/mol. The van der Waals surface area contributed by atoms with Crippen molar-refractivity contribution < 1.29 is 0 Å². The van der Waals surface area contributed by atoms with Crippen molar-refractivity contribution in [3.63, 3.8) is 0 Å². The Labute approximate surface area is 852 Å². The van der Waals surface area contributed by atoms with Crippen LogP contribution in [0.4, 0.5) is 0 Å². The molecule has 0 atom stereocenters. The fourth-order valence-corrected chi connectivity index (χ4v) is 24.9. The molecule has 9 heteroatoms. The van der Waals surface area contributed by atoms with Crippen molar-refractivity contribution >= 4 is 249 Å². The van der Waals surface area contributed by atoms with Gasteiger partial charge in [-0.1, -0.05) is 449 Å².